The Morgan fingerprint density at radius 3 is 1.16 bits per heavy atom. The molecule has 0 saturated carbocycles. The monoisotopic (exact) mass is 1150 g/mol. The molecule has 18 aromatic rings. The second-order valence-electron chi connectivity index (χ2n) is 23.6. The van der Waals surface area contributed by atoms with Crippen LogP contribution in [0.15, 0.2) is 297 Å². The second-order valence-corrected chi connectivity index (χ2v) is 23.6. The summed E-state index contributed by atoms with van der Waals surface area (Å²) in [4.78, 5) is 11.4. The summed E-state index contributed by atoms with van der Waals surface area (Å²) < 4.78 is 11.7. The molecule has 1 aliphatic rings. The lowest BCUT2D eigenvalue weighted by Gasteiger charge is -2.26. The second kappa shape index (κ2) is 19.3. The van der Waals surface area contributed by atoms with Crippen LogP contribution in [0.3, 0.4) is 0 Å². The SMILES string of the molecule is N#Cc1c(C2c3ccccc3-c3ccccc32)c(-n2c3ccc(-c4ccccc4)cc3n3c4cc(-c5ccccc5)ccc4nc23)cc(-n2c3ccccc3c3ccccc32)c1-n1c2ccc(-c3ccccc3)cc2n2c3cc(-c4ccccc4)ccc3nc12. The minimum atomic E-state index is -0.405. The van der Waals surface area contributed by atoms with Crippen molar-refractivity contribution < 1.29 is 0 Å². The Hall–Kier alpha value is -12.3. The van der Waals surface area contributed by atoms with Crippen LogP contribution in [-0.4, -0.2) is 32.5 Å². The van der Waals surface area contributed by atoms with Crippen molar-refractivity contribution >= 4 is 77.5 Å². The highest BCUT2D eigenvalue weighted by Gasteiger charge is 2.38. The van der Waals surface area contributed by atoms with Crippen LogP contribution >= 0.6 is 0 Å². The molecule has 5 aromatic heterocycles. The van der Waals surface area contributed by atoms with E-state index in [1.165, 1.54) is 0 Å². The van der Waals surface area contributed by atoms with E-state index < -0.39 is 5.92 Å². The molecule has 0 aliphatic heterocycles. The largest absolute Gasteiger partial charge is 0.307 e. The highest BCUT2D eigenvalue weighted by atomic mass is 15.2. The van der Waals surface area contributed by atoms with Crippen LogP contribution in [0.2, 0.25) is 0 Å². The van der Waals surface area contributed by atoms with E-state index in [4.69, 9.17) is 9.97 Å². The van der Waals surface area contributed by atoms with Crippen molar-refractivity contribution in [1.82, 2.24) is 32.5 Å². The first-order valence-electron chi connectivity index (χ1n) is 30.6. The maximum atomic E-state index is 13.1. The molecule has 19 rings (SSSR count). The Morgan fingerprint density at radius 2 is 0.689 bits per heavy atom. The molecule has 8 heteroatoms. The number of para-hydroxylation sites is 2. The zero-order valence-electron chi connectivity index (χ0n) is 48.4. The Kier molecular flexibility index (Phi) is 10.7. The Morgan fingerprint density at radius 1 is 0.300 bits per heavy atom. The molecule has 0 N–H and O–H groups in total. The van der Waals surface area contributed by atoms with Crippen LogP contribution in [-0.2, 0) is 0 Å². The van der Waals surface area contributed by atoms with Gasteiger partial charge in [0.1, 0.15) is 6.07 Å². The molecule has 0 atom stereocenters. The zero-order chi connectivity index (χ0) is 59.1. The molecular weight excluding hydrogens is 1100 g/mol. The smallest absolute Gasteiger partial charge is 0.220 e. The van der Waals surface area contributed by atoms with E-state index in [0.717, 1.165) is 161 Å². The topological polar surface area (TPSA) is 73.2 Å². The minimum absolute atomic E-state index is 0.405. The number of rotatable bonds is 8. The third-order valence-corrected chi connectivity index (χ3v) is 18.8. The van der Waals surface area contributed by atoms with Crippen molar-refractivity contribution in [2.24, 2.45) is 0 Å². The molecule has 90 heavy (non-hydrogen) atoms. The van der Waals surface area contributed by atoms with Gasteiger partial charge in [0.25, 0.3) is 0 Å². The number of fused-ring (bicyclic) bond motifs is 16. The first-order valence-corrected chi connectivity index (χ1v) is 30.6. The molecule has 8 nitrogen and oxygen atoms in total. The fourth-order valence-electron chi connectivity index (χ4n) is 14.9. The number of nitrogens with zero attached hydrogens (tertiary/aromatic N) is 8. The lowest BCUT2D eigenvalue weighted by Crippen LogP contribution is -2.15. The van der Waals surface area contributed by atoms with E-state index >= 15 is 0 Å². The van der Waals surface area contributed by atoms with E-state index in [1.807, 2.05) is 0 Å². The number of benzene rings is 13. The number of nitriles is 1. The Labute approximate surface area is 516 Å². The number of aromatic nitrogens is 7. The van der Waals surface area contributed by atoms with Gasteiger partial charge in [-0.1, -0.05) is 231 Å². The van der Waals surface area contributed by atoms with Gasteiger partial charge in [-0.2, -0.15) is 5.26 Å². The maximum absolute atomic E-state index is 13.1. The van der Waals surface area contributed by atoms with Gasteiger partial charge >= 0.3 is 0 Å². The number of hydrogen-bond acceptors (Lipinski definition) is 3. The fraction of sp³-hybridized carbons (Fsp3) is 0.0122. The van der Waals surface area contributed by atoms with E-state index in [9.17, 15) is 5.26 Å². The number of hydrogen-bond donors (Lipinski definition) is 0. The highest BCUT2D eigenvalue weighted by Crippen LogP contribution is 2.53. The van der Waals surface area contributed by atoms with E-state index in [-0.39, 0.29) is 0 Å². The van der Waals surface area contributed by atoms with Gasteiger partial charge in [0.05, 0.1) is 77.8 Å². The summed E-state index contributed by atoms with van der Waals surface area (Å²) in [6, 6.07) is 109. The van der Waals surface area contributed by atoms with Gasteiger partial charge in [-0.15, -0.1) is 0 Å². The van der Waals surface area contributed by atoms with Gasteiger partial charge in [-0.25, -0.2) is 9.97 Å². The molecule has 0 saturated heterocycles. The summed E-state index contributed by atoms with van der Waals surface area (Å²) in [6.45, 7) is 0. The lowest BCUT2D eigenvalue weighted by atomic mass is 9.84. The minimum Gasteiger partial charge on any atom is -0.307 e. The average molecular weight is 1150 g/mol. The molecule has 5 heterocycles. The van der Waals surface area contributed by atoms with Gasteiger partial charge in [0.2, 0.25) is 11.6 Å². The predicted molar refractivity (Wildman–Crippen MR) is 366 cm³/mol. The number of imidazole rings is 4. The van der Waals surface area contributed by atoms with Crippen LogP contribution in [0, 0.1) is 11.3 Å². The van der Waals surface area contributed by atoms with Crippen molar-refractivity contribution in [3.05, 3.63) is 320 Å². The van der Waals surface area contributed by atoms with Crippen LogP contribution < -0.4 is 0 Å². The summed E-state index contributed by atoms with van der Waals surface area (Å²) >= 11 is 0. The summed E-state index contributed by atoms with van der Waals surface area (Å²) in [5, 5.41) is 15.3. The summed E-state index contributed by atoms with van der Waals surface area (Å²) in [7, 11) is 0. The Bertz CT molecular complexity index is 5940. The third-order valence-electron chi connectivity index (χ3n) is 18.8. The van der Waals surface area contributed by atoms with Crippen molar-refractivity contribution in [3.63, 3.8) is 0 Å². The first-order chi connectivity index (χ1) is 44.6. The van der Waals surface area contributed by atoms with Crippen LogP contribution in [0.1, 0.15) is 28.2 Å². The third kappa shape index (κ3) is 7.23. The molecule has 0 bridgehead atoms. The molecule has 0 fully saturated rings. The van der Waals surface area contributed by atoms with Crippen molar-refractivity contribution in [2.75, 3.05) is 0 Å². The molecular formula is C82H50N8. The lowest BCUT2D eigenvalue weighted by molar-refractivity contribution is 0.948. The van der Waals surface area contributed by atoms with Crippen LogP contribution in [0.4, 0.5) is 0 Å². The quantitative estimate of drug-likeness (QED) is 0.152. The molecule has 0 radical (unpaired) electrons. The van der Waals surface area contributed by atoms with Crippen LogP contribution in [0.25, 0.3) is 150 Å². The van der Waals surface area contributed by atoms with Gasteiger partial charge in [0, 0.05) is 22.3 Å². The van der Waals surface area contributed by atoms with Gasteiger partial charge < -0.3 is 4.57 Å². The van der Waals surface area contributed by atoms with Gasteiger partial charge in [-0.05, 0) is 133 Å². The molecule has 13 aromatic carbocycles. The first kappa shape index (κ1) is 49.9. The maximum Gasteiger partial charge on any atom is 0.220 e. The van der Waals surface area contributed by atoms with Crippen molar-refractivity contribution in [2.45, 2.75) is 5.92 Å². The van der Waals surface area contributed by atoms with Crippen molar-refractivity contribution in [3.8, 4) is 78.8 Å². The van der Waals surface area contributed by atoms with E-state index in [0.29, 0.717) is 11.3 Å². The van der Waals surface area contributed by atoms with Crippen LogP contribution in [0.5, 0.6) is 0 Å². The van der Waals surface area contributed by atoms with E-state index in [2.05, 4.69) is 326 Å². The normalized spacial score (nSPS) is 12.4. The molecule has 0 amide bonds. The summed E-state index contributed by atoms with van der Waals surface area (Å²) in [6.07, 6.45) is 0. The standard InChI is InChI=1S/C82H50N8/c83-50-65-79(78-63-33-15-13-29-59(63)60-30-14-16-34-64(60)78)76(87-70-43-39-57(53-25-9-3-10-26-53)47-74(70)88-72-45-55(51-21-5-1-6-22-51)37-41-66(72)84-81(87)88)49-77(86-68-35-19-17-31-61(68)62-32-18-20-36-69(62)86)80(65)90-71-44-40-58(54-27-11-4-12-28-54)48-75(71)89-73-46-56(52-23-7-2-8-24-52)38-42-67(73)85-82(89)90/h1-49,78H. The predicted octanol–water partition coefficient (Wildman–Crippen LogP) is 20.0. The molecule has 0 unspecified atom stereocenters. The highest BCUT2D eigenvalue weighted by molar-refractivity contribution is 6.10. The van der Waals surface area contributed by atoms with Gasteiger partial charge in [-0.3, -0.25) is 17.9 Å². The Balaban J connectivity index is 1.02. The van der Waals surface area contributed by atoms with Crippen molar-refractivity contribution in [1.29, 1.82) is 5.26 Å². The fourth-order valence-corrected chi connectivity index (χ4v) is 14.9. The molecule has 0 spiro atoms. The zero-order valence-corrected chi connectivity index (χ0v) is 48.4. The molecule has 1 aliphatic carbocycles. The summed E-state index contributed by atoms with van der Waals surface area (Å²) in [5.41, 5.74) is 26.6. The summed E-state index contributed by atoms with van der Waals surface area (Å²) in [5.74, 6) is 1.02. The average Bonchev–Trinajstić information content (AvgIpc) is 1.98. The van der Waals surface area contributed by atoms with Gasteiger partial charge in [0.15, 0.2) is 0 Å². The van der Waals surface area contributed by atoms with E-state index in [1.54, 1.807) is 0 Å². The molecule has 418 valence electrons.